The molecule has 3 aromatic rings. The molecule has 2 N–H and O–H groups in total. The van der Waals surface area contributed by atoms with E-state index in [1.54, 1.807) is 32.2 Å². The molecule has 60 heavy (non-hydrogen) atoms. The Kier molecular flexibility index (Phi) is 9.38. The standard InChI is InChI=1S/C43H46F3N9O5/c1-40(2,39(60)49-26-4-7-33(47-3)32(18-26)43(44,45)46)54-23-29(22-48-54)52-16-12-42(13-17-52)24-53(25-42)28-20-41(21-28)10-14-51(15-11-41)27-5-6-30-31(19-27)38(59)55(37(30)58)34-8-9-35(56)50-36(34)57/h4-7,18-19,22-23,28,34H,8-17,20-21,24-25H2,1-2H3,(H,49,60)(H,50,56,57). The van der Waals surface area contributed by atoms with Crippen LogP contribution >= 0.6 is 0 Å². The van der Waals surface area contributed by atoms with E-state index < -0.39 is 58.5 Å². The molecule has 5 amide bonds. The van der Waals surface area contributed by atoms with Crippen molar-refractivity contribution in [3.63, 3.8) is 0 Å². The predicted octanol–water partition coefficient (Wildman–Crippen LogP) is 5.58. The van der Waals surface area contributed by atoms with Gasteiger partial charge >= 0.3 is 6.18 Å². The Labute approximate surface area is 344 Å². The number of piperidine rings is 3. The van der Waals surface area contributed by atoms with Gasteiger partial charge in [0.25, 0.3) is 17.7 Å². The number of aromatic nitrogens is 2. The summed E-state index contributed by atoms with van der Waals surface area (Å²) in [6, 6.07) is 8.08. The van der Waals surface area contributed by atoms with Crippen molar-refractivity contribution in [1.29, 1.82) is 0 Å². The number of benzene rings is 2. The Morgan fingerprint density at radius 3 is 2.18 bits per heavy atom. The van der Waals surface area contributed by atoms with Gasteiger partial charge in [-0.05, 0) is 100.0 Å². The first-order valence-corrected chi connectivity index (χ1v) is 20.5. The molecule has 0 bridgehead atoms. The number of alkyl halides is 3. The maximum atomic E-state index is 13.5. The van der Waals surface area contributed by atoms with E-state index in [9.17, 15) is 37.1 Å². The molecule has 17 heteroatoms. The molecule has 4 saturated heterocycles. The zero-order valence-electron chi connectivity index (χ0n) is 33.5. The van der Waals surface area contributed by atoms with Gasteiger partial charge in [0.2, 0.25) is 11.8 Å². The van der Waals surface area contributed by atoms with Gasteiger partial charge in [-0.1, -0.05) is 6.07 Å². The van der Waals surface area contributed by atoms with Gasteiger partial charge in [0, 0.05) is 69.3 Å². The molecule has 9 rings (SSSR count). The molecule has 1 aliphatic carbocycles. The molecular formula is C43H46F3N9O5. The number of fused-ring (bicyclic) bond motifs is 1. The molecule has 1 atom stereocenters. The van der Waals surface area contributed by atoms with Gasteiger partial charge < -0.3 is 15.1 Å². The molecule has 6 heterocycles. The number of carbonyl (C=O) groups excluding carboxylic acids is 5. The number of amides is 5. The number of hydrogen-bond donors (Lipinski definition) is 2. The van der Waals surface area contributed by atoms with E-state index in [1.165, 1.54) is 23.6 Å². The number of hydrogen-bond acceptors (Lipinski definition) is 9. The number of carbonyl (C=O) groups is 5. The van der Waals surface area contributed by atoms with Gasteiger partial charge in [-0.25, -0.2) is 4.85 Å². The Balaban J connectivity index is 0.734. The monoisotopic (exact) mass is 825 g/mol. The summed E-state index contributed by atoms with van der Waals surface area (Å²) in [7, 11) is 0. The van der Waals surface area contributed by atoms with Gasteiger partial charge in [-0.2, -0.15) is 18.3 Å². The first kappa shape index (κ1) is 39.7. The fourth-order valence-corrected chi connectivity index (χ4v) is 10.2. The summed E-state index contributed by atoms with van der Waals surface area (Å²) in [5, 5.41) is 9.29. The van der Waals surface area contributed by atoms with Crippen molar-refractivity contribution in [3.8, 4) is 0 Å². The highest BCUT2D eigenvalue weighted by Crippen LogP contribution is 2.55. The van der Waals surface area contributed by atoms with Gasteiger partial charge in [0.1, 0.15) is 11.6 Å². The van der Waals surface area contributed by atoms with Crippen LogP contribution in [0.2, 0.25) is 0 Å². The van der Waals surface area contributed by atoms with Crippen LogP contribution in [0.25, 0.3) is 4.85 Å². The topological polar surface area (TPSA) is 145 Å². The van der Waals surface area contributed by atoms with Crippen LogP contribution in [0.5, 0.6) is 0 Å². The molecule has 314 valence electrons. The lowest BCUT2D eigenvalue weighted by Gasteiger charge is -2.63. The summed E-state index contributed by atoms with van der Waals surface area (Å²) < 4.78 is 42.0. The number of nitrogens with zero attached hydrogens (tertiary/aromatic N) is 7. The van der Waals surface area contributed by atoms with E-state index >= 15 is 0 Å². The normalized spacial score (nSPS) is 23.0. The minimum atomic E-state index is -4.73. The molecule has 1 aromatic heterocycles. The highest BCUT2D eigenvalue weighted by Gasteiger charge is 2.54. The molecule has 1 unspecified atom stereocenters. The summed E-state index contributed by atoms with van der Waals surface area (Å²) in [5.74, 6) is -2.53. The van der Waals surface area contributed by atoms with Crippen molar-refractivity contribution in [1.82, 2.24) is 24.9 Å². The van der Waals surface area contributed by atoms with Crippen LogP contribution in [-0.2, 0) is 26.1 Å². The van der Waals surface area contributed by atoms with Crippen LogP contribution in [-0.4, -0.2) is 100 Å². The smallest absolute Gasteiger partial charge is 0.371 e. The van der Waals surface area contributed by atoms with Crippen LogP contribution in [0.4, 0.5) is 35.9 Å². The number of likely N-dealkylation sites (tertiary alicyclic amines) is 1. The zero-order valence-corrected chi connectivity index (χ0v) is 33.5. The third kappa shape index (κ3) is 6.78. The number of rotatable bonds is 7. The number of imide groups is 2. The highest BCUT2D eigenvalue weighted by molar-refractivity contribution is 6.23. The third-order valence-corrected chi connectivity index (χ3v) is 14.1. The summed E-state index contributed by atoms with van der Waals surface area (Å²) in [6.07, 6.45) is 5.61. The second-order valence-electron chi connectivity index (χ2n) is 18.1. The largest absolute Gasteiger partial charge is 0.407 e. The zero-order chi connectivity index (χ0) is 42.4. The molecule has 1 saturated carbocycles. The van der Waals surface area contributed by atoms with Crippen molar-refractivity contribution < 1.29 is 37.1 Å². The maximum Gasteiger partial charge on any atom is 0.407 e. The lowest BCUT2D eigenvalue weighted by Crippen LogP contribution is -2.67. The molecule has 6 aliphatic rings. The van der Waals surface area contributed by atoms with Gasteiger partial charge in [-0.15, -0.1) is 0 Å². The quantitative estimate of drug-likeness (QED) is 0.231. The van der Waals surface area contributed by atoms with Crippen LogP contribution in [0.1, 0.15) is 91.5 Å². The average Bonchev–Trinajstić information content (AvgIpc) is 3.79. The van der Waals surface area contributed by atoms with Crippen molar-refractivity contribution in [2.45, 2.75) is 89.0 Å². The molecule has 0 radical (unpaired) electrons. The average molecular weight is 826 g/mol. The lowest BCUT2D eigenvalue weighted by atomic mass is 9.58. The second kappa shape index (κ2) is 14.2. The molecule has 2 aromatic carbocycles. The van der Waals surface area contributed by atoms with Gasteiger partial charge in [0.15, 0.2) is 5.69 Å². The minimum Gasteiger partial charge on any atom is -0.371 e. The molecular weight excluding hydrogens is 780 g/mol. The Morgan fingerprint density at radius 1 is 0.883 bits per heavy atom. The maximum absolute atomic E-state index is 13.5. The fourth-order valence-electron chi connectivity index (χ4n) is 10.2. The van der Waals surface area contributed by atoms with E-state index in [2.05, 4.69) is 35.3 Å². The lowest BCUT2D eigenvalue weighted by molar-refractivity contribution is -0.137. The number of nitrogens with one attached hydrogen (secondary N) is 2. The summed E-state index contributed by atoms with van der Waals surface area (Å²) >= 11 is 0. The van der Waals surface area contributed by atoms with Crippen LogP contribution in [0.3, 0.4) is 0 Å². The van der Waals surface area contributed by atoms with Crippen LogP contribution < -0.4 is 20.4 Å². The van der Waals surface area contributed by atoms with Crippen molar-refractivity contribution in [3.05, 3.63) is 76.9 Å². The van der Waals surface area contributed by atoms with Crippen molar-refractivity contribution >= 4 is 52.3 Å². The Morgan fingerprint density at radius 2 is 1.53 bits per heavy atom. The van der Waals surface area contributed by atoms with Crippen molar-refractivity contribution in [2.75, 3.05) is 54.4 Å². The van der Waals surface area contributed by atoms with E-state index in [-0.39, 0.29) is 23.9 Å². The highest BCUT2D eigenvalue weighted by atomic mass is 19.4. The molecule has 5 fully saturated rings. The first-order valence-electron chi connectivity index (χ1n) is 20.5. The Hall–Kier alpha value is -5.76. The Bertz CT molecular complexity index is 2340. The summed E-state index contributed by atoms with van der Waals surface area (Å²) in [6.45, 7) is 16.0. The fraction of sp³-hybridized carbons (Fsp3) is 0.512. The van der Waals surface area contributed by atoms with Crippen LogP contribution in [0.15, 0.2) is 48.8 Å². The summed E-state index contributed by atoms with van der Waals surface area (Å²) in [4.78, 5) is 75.1. The second-order valence-corrected chi connectivity index (χ2v) is 18.1. The molecule has 14 nitrogen and oxygen atoms in total. The van der Waals surface area contributed by atoms with E-state index in [0.29, 0.717) is 22.6 Å². The van der Waals surface area contributed by atoms with E-state index in [1.807, 2.05) is 12.3 Å². The predicted molar refractivity (Wildman–Crippen MR) is 213 cm³/mol. The van der Waals surface area contributed by atoms with Gasteiger partial charge in [0.05, 0.1) is 35.1 Å². The summed E-state index contributed by atoms with van der Waals surface area (Å²) in [5.41, 5.74) is 0.116. The first-order chi connectivity index (χ1) is 28.5. The minimum absolute atomic E-state index is 0.0479. The third-order valence-electron chi connectivity index (χ3n) is 14.1. The van der Waals surface area contributed by atoms with Crippen molar-refractivity contribution in [2.24, 2.45) is 10.8 Å². The number of anilines is 3. The SMILES string of the molecule is [C-]#[N+]c1ccc(NC(=O)C(C)(C)n2cc(N3CCC4(CC3)CN(C3CC5(CCN(c6ccc7c(c6)C(=O)N(C6CCC(=O)NC6=O)C7=O)CC5)C3)C4)cn2)cc1C(F)(F)F. The van der Waals surface area contributed by atoms with E-state index in [0.717, 1.165) is 93.4 Å². The molecule has 5 aliphatic heterocycles. The van der Waals surface area contributed by atoms with Crippen LogP contribution in [0, 0.1) is 17.4 Å². The van der Waals surface area contributed by atoms with E-state index in [4.69, 9.17) is 6.57 Å². The number of halogens is 3. The molecule has 2 spiro atoms. The van der Waals surface area contributed by atoms with Gasteiger partial charge in [-0.3, -0.25) is 43.8 Å².